The molecule has 0 aliphatic carbocycles. The number of hydrazone groups is 1. The Balaban J connectivity index is 1.59. The first kappa shape index (κ1) is 15.6. The van der Waals surface area contributed by atoms with Gasteiger partial charge in [0.25, 0.3) is 5.91 Å². The molecule has 0 radical (unpaired) electrons. The van der Waals surface area contributed by atoms with E-state index in [2.05, 4.69) is 25.8 Å². The van der Waals surface area contributed by atoms with Gasteiger partial charge in [0, 0.05) is 25.1 Å². The van der Waals surface area contributed by atoms with E-state index in [-0.39, 0.29) is 11.3 Å². The van der Waals surface area contributed by atoms with Crippen molar-refractivity contribution in [3.63, 3.8) is 0 Å². The molecule has 0 saturated carbocycles. The first-order valence-electron chi connectivity index (χ1n) is 7.23. The fourth-order valence-electron chi connectivity index (χ4n) is 2.00. The van der Waals surface area contributed by atoms with Gasteiger partial charge in [0.15, 0.2) is 5.69 Å². The lowest BCUT2D eigenvalue weighted by molar-refractivity contribution is 0.0949. The van der Waals surface area contributed by atoms with Crippen molar-refractivity contribution in [3.05, 3.63) is 54.1 Å². The second-order valence-electron chi connectivity index (χ2n) is 4.83. The van der Waals surface area contributed by atoms with Gasteiger partial charge in [0.1, 0.15) is 6.67 Å². The molecule has 0 aromatic carbocycles. The van der Waals surface area contributed by atoms with Crippen molar-refractivity contribution in [1.82, 2.24) is 34.8 Å². The predicted octanol–water partition coefficient (Wildman–Crippen LogP) is 0.705. The van der Waals surface area contributed by atoms with Crippen molar-refractivity contribution < 1.29 is 9.18 Å². The summed E-state index contributed by atoms with van der Waals surface area (Å²) in [5.74, 6) is -0.993. The normalized spacial score (nSPS) is 11.2. The van der Waals surface area contributed by atoms with E-state index in [1.807, 2.05) is 0 Å². The molecule has 3 rings (SSSR count). The molecular weight excluding hydrogens is 315 g/mol. The van der Waals surface area contributed by atoms with Crippen LogP contribution in [0.25, 0.3) is 0 Å². The number of carbonyl (C=O) groups excluding carboxylic acids is 1. The van der Waals surface area contributed by atoms with Crippen LogP contribution in [0, 0.1) is 5.95 Å². The second kappa shape index (κ2) is 6.86. The molecule has 10 heteroatoms. The quantitative estimate of drug-likeness (QED) is 0.532. The summed E-state index contributed by atoms with van der Waals surface area (Å²) < 4.78 is 18.2. The maximum atomic E-state index is 13.7. The third kappa shape index (κ3) is 3.37. The largest absolute Gasteiger partial charge is 0.291 e. The minimum absolute atomic E-state index is 0.196. The Hall–Kier alpha value is -3.30. The monoisotopic (exact) mass is 330 g/mol. The van der Waals surface area contributed by atoms with Crippen LogP contribution < -0.4 is 5.43 Å². The molecule has 0 unspecified atom stereocenters. The Morgan fingerprint density at radius 2 is 2.25 bits per heavy atom. The molecule has 9 nitrogen and oxygen atoms in total. The summed E-state index contributed by atoms with van der Waals surface area (Å²) >= 11 is 0. The minimum atomic E-state index is -0.501. The van der Waals surface area contributed by atoms with Gasteiger partial charge in [0.2, 0.25) is 5.95 Å². The van der Waals surface area contributed by atoms with Crippen LogP contribution in [0.1, 0.15) is 23.0 Å². The SMILES string of the molecule is CCn1ncc(/C=N/NC(=O)c2ccn(Cn3cccn3)n2)c1F. The molecule has 1 amide bonds. The summed E-state index contributed by atoms with van der Waals surface area (Å²) in [4.78, 5) is 12.0. The fraction of sp³-hybridized carbons (Fsp3) is 0.214. The lowest BCUT2D eigenvalue weighted by Crippen LogP contribution is -2.19. The van der Waals surface area contributed by atoms with Crippen LogP contribution in [0.3, 0.4) is 0 Å². The Kier molecular flexibility index (Phi) is 4.45. The highest BCUT2D eigenvalue weighted by Crippen LogP contribution is 2.03. The van der Waals surface area contributed by atoms with Gasteiger partial charge in [-0.1, -0.05) is 0 Å². The first-order chi connectivity index (χ1) is 11.7. The number of amides is 1. The molecule has 0 aliphatic heterocycles. The first-order valence-corrected chi connectivity index (χ1v) is 7.23. The van der Waals surface area contributed by atoms with Crippen molar-refractivity contribution in [2.45, 2.75) is 20.1 Å². The van der Waals surface area contributed by atoms with Crippen LogP contribution in [0.5, 0.6) is 0 Å². The molecule has 0 spiro atoms. The van der Waals surface area contributed by atoms with Gasteiger partial charge < -0.3 is 0 Å². The molecule has 0 atom stereocenters. The molecule has 1 N–H and O–H groups in total. The van der Waals surface area contributed by atoms with Gasteiger partial charge in [0.05, 0.1) is 18.0 Å². The summed E-state index contributed by atoms with van der Waals surface area (Å²) in [6.45, 7) is 2.59. The Morgan fingerprint density at radius 3 is 2.96 bits per heavy atom. The van der Waals surface area contributed by atoms with E-state index in [4.69, 9.17) is 0 Å². The standard InChI is InChI=1S/C14H15FN8O/c1-2-23-13(15)11(9-18-23)8-16-19-14(24)12-4-7-22(20-12)10-21-6-3-5-17-21/h3-9H,2,10H2,1H3,(H,19,24)/b16-8+. The van der Waals surface area contributed by atoms with Crippen molar-refractivity contribution in [3.8, 4) is 0 Å². The van der Waals surface area contributed by atoms with Crippen LogP contribution in [0.15, 0.2) is 42.0 Å². The zero-order valence-corrected chi connectivity index (χ0v) is 12.9. The lowest BCUT2D eigenvalue weighted by Gasteiger charge is -2.00. The van der Waals surface area contributed by atoms with Gasteiger partial charge in [-0.25, -0.2) is 10.1 Å². The van der Waals surface area contributed by atoms with Gasteiger partial charge in [-0.2, -0.15) is 24.8 Å². The summed E-state index contributed by atoms with van der Waals surface area (Å²) in [6, 6.07) is 3.36. The molecule has 3 heterocycles. The van der Waals surface area contributed by atoms with E-state index in [1.54, 1.807) is 47.0 Å². The molecule has 3 aromatic heterocycles. The maximum Gasteiger partial charge on any atom is 0.291 e. The number of hydrogen-bond acceptors (Lipinski definition) is 5. The minimum Gasteiger partial charge on any atom is -0.265 e. The smallest absolute Gasteiger partial charge is 0.265 e. The van der Waals surface area contributed by atoms with E-state index in [9.17, 15) is 9.18 Å². The van der Waals surface area contributed by atoms with Crippen molar-refractivity contribution in [2.24, 2.45) is 5.10 Å². The number of halogens is 1. The van der Waals surface area contributed by atoms with Crippen LogP contribution in [0.2, 0.25) is 0 Å². The van der Waals surface area contributed by atoms with Crippen LogP contribution in [0.4, 0.5) is 4.39 Å². The van der Waals surface area contributed by atoms with Gasteiger partial charge in [-0.05, 0) is 19.1 Å². The van der Waals surface area contributed by atoms with Gasteiger partial charge >= 0.3 is 0 Å². The number of carbonyl (C=O) groups is 1. The van der Waals surface area contributed by atoms with Crippen molar-refractivity contribution in [2.75, 3.05) is 0 Å². The number of hydrogen-bond donors (Lipinski definition) is 1. The fourth-order valence-corrected chi connectivity index (χ4v) is 2.00. The van der Waals surface area contributed by atoms with E-state index in [1.165, 1.54) is 17.1 Å². The number of nitrogens with one attached hydrogen (secondary N) is 1. The molecule has 0 fully saturated rings. The van der Waals surface area contributed by atoms with Crippen LogP contribution in [-0.4, -0.2) is 41.5 Å². The topological polar surface area (TPSA) is 94.9 Å². The van der Waals surface area contributed by atoms with Crippen molar-refractivity contribution >= 4 is 12.1 Å². The predicted molar refractivity (Wildman–Crippen MR) is 82.8 cm³/mol. The third-order valence-corrected chi connectivity index (χ3v) is 3.19. The van der Waals surface area contributed by atoms with Crippen molar-refractivity contribution in [1.29, 1.82) is 0 Å². The highest BCUT2D eigenvalue weighted by Gasteiger charge is 2.10. The molecule has 0 saturated heterocycles. The Labute approximate surface area is 136 Å². The Bertz CT molecular complexity index is 848. The summed E-state index contributed by atoms with van der Waals surface area (Å²) in [6.07, 6.45) is 7.65. The molecule has 24 heavy (non-hydrogen) atoms. The average molecular weight is 330 g/mol. The summed E-state index contributed by atoms with van der Waals surface area (Å²) in [5.41, 5.74) is 2.70. The van der Waals surface area contributed by atoms with E-state index < -0.39 is 11.9 Å². The lowest BCUT2D eigenvalue weighted by atomic mass is 10.4. The van der Waals surface area contributed by atoms with E-state index in [0.29, 0.717) is 13.2 Å². The summed E-state index contributed by atoms with van der Waals surface area (Å²) in [5, 5.41) is 15.7. The van der Waals surface area contributed by atoms with E-state index >= 15 is 0 Å². The number of aryl methyl sites for hydroxylation is 1. The Morgan fingerprint density at radius 1 is 1.38 bits per heavy atom. The number of nitrogens with zero attached hydrogens (tertiary/aromatic N) is 7. The molecule has 0 bridgehead atoms. The average Bonchev–Trinajstić information content (AvgIpc) is 3.31. The molecule has 124 valence electrons. The summed E-state index contributed by atoms with van der Waals surface area (Å²) in [7, 11) is 0. The molecular formula is C14H15FN8O. The van der Waals surface area contributed by atoms with Crippen LogP contribution >= 0.6 is 0 Å². The number of aromatic nitrogens is 6. The van der Waals surface area contributed by atoms with Crippen LogP contribution in [-0.2, 0) is 13.2 Å². The highest BCUT2D eigenvalue weighted by atomic mass is 19.1. The molecule has 3 aromatic rings. The van der Waals surface area contributed by atoms with Gasteiger partial charge in [-0.15, -0.1) is 0 Å². The third-order valence-electron chi connectivity index (χ3n) is 3.19. The maximum absolute atomic E-state index is 13.7. The highest BCUT2D eigenvalue weighted by molar-refractivity contribution is 5.92. The molecule has 0 aliphatic rings. The zero-order valence-electron chi connectivity index (χ0n) is 12.9. The van der Waals surface area contributed by atoms with E-state index in [0.717, 1.165) is 0 Å². The zero-order chi connectivity index (χ0) is 16.9. The second-order valence-corrected chi connectivity index (χ2v) is 4.83. The number of rotatable bonds is 6. The van der Waals surface area contributed by atoms with Gasteiger partial charge in [-0.3, -0.25) is 14.2 Å².